The molecule has 2 heterocycles. The molecule has 0 aliphatic carbocycles. The number of methoxy groups -OCH3 is 1. The van der Waals surface area contributed by atoms with Crippen molar-refractivity contribution in [3.63, 3.8) is 0 Å². The Morgan fingerprint density at radius 1 is 1.25 bits per heavy atom. The van der Waals surface area contributed by atoms with E-state index in [1.807, 2.05) is 18.2 Å². The standard InChI is InChI=1S/C13H16O3/c1-14-11-3-2-4-12-10(11)9-13(16-12)5-7-15-8-6-13/h2-4H,5-9H2,1H3. The van der Waals surface area contributed by atoms with Crippen molar-refractivity contribution in [1.82, 2.24) is 0 Å². The number of fused-ring (bicyclic) bond motifs is 1. The van der Waals surface area contributed by atoms with Crippen LogP contribution in [0.15, 0.2) is 18.2 Å². The topological polar surface area (TPSA) is 27.7 Å². The Balaban J connectivity index is 1.93. The van der Waals surface area contributed by atoms with Crippen molar-refractivity contribution in [2.24, 2.45) is 0 Å². The van der Waals surface area contributed by atoms with Gasteiger partial charge in [0.25, 0.3) is 0 Å². The van der Waals surface area contributed by atoms with E-state index in [0.717, 1.165) is 44.0 Å². The van der Waals surface area contributed by atoms with Gasteiger partial charge in [-0.05, 0) is 12.1 Å². The van der Waals surface area contributed by atoms with Gasteiger partial charge in [-0.15, -0.1) is 0 Å². The van der Waals surface area contributed by atoms with Gasteiger partial charge in [0, 0.05) is 24.8 Å². The zero-order valence-corrected chi connectivity index (χ0v) is 9.49. The monoisotopic (exact) mass is 220 g/mol. The smallest absolute Gasteiger partial charge is 0.127 e. The fraction of sp³-hybridized carbons (Fsp3) is 0.538. The van der Waals surface area contributed by atoms with Crippen LogP contribution in [0.25, 0.3) is 0 Å². The van der Waals surface area contributed by atoms with Crippen LogP contribution in [-0.2, 0) is 11.2 Å². The summed E-state index contributed by atoms with van der Waals surface area (Å²) in [4.78, 5) is 0. The molecule has 1 fully saturated rings. The van der Waals surface area contributed by atoms with Gasteiger partial charge in [-0.25, -0.2) is 0 Å². The van der Waals surface area contributed by atoms with E-state index in [1.165, 1.54) is 5.56 Å². The number of benzene rings is 1. The van der Waals surface area contributed by atoms with Crippen LogP contribution < -0.4 is 9.47 Å². The van der Waals surface area contributed by atoms with E-state index in [4.69, 9.17) is 14.2 Å². The van der Waals surface area contributed by atoms with E-state index in [9.17, 15) is 0 Å². The van der Waals surface area contributed by atoms with Gasteiger partial charge in [0.1, 0.15) is 17.1 Å². The third kappa shape index (κ3) is 1.47. The summed E-state index contributed by atoms with van der Waals surface area (Å²) in [6.07, 6.45) is 2.91. The highest BCUT2D eigenvalue weighted by Gasteiger charge is 2.41. The first kappa shape index (κ1) is 9.97. The average Bonchev–Trinajstić information content (AvgIpc) is 2.67. The molecule has 0 radical (unpaired) electrons. The second-order valence-electron chi connectivity index (χ2n) is 4.51. The van der Waals surface area contributed by atoms with Crippen molar-refractivity contribution in [2.45, 2.75) is 24.9 Å². The van der Waals surface area contributed by atoms with Crippen molar-refractivity contribution in [3.8, 4) is 11.5 Å². The SMILES string of the molecule is COc1cccc2c1CC1(CCOCC1)O2. The lowest BCUT2D eigenvalue weighted by atomic mass is 9.89. The molecule has 2 aliphatic heterocycles. The van der Waals surface area contributed by atoms with Crippen LogP contribution in [0.3, 0.4) is 0 Å². The first-order valence-electron chi connectivity index (χ1n) is 5.76. The third-order valence-corrected chi connectivity index (χ3v) is 3.54. The molecule has 0 bridgehead atoms. The molecule has 16 heavy (non-hydrogen) atoms. The molecule has 3 nitrogen and oxygen atoms in total. The minimum atomic E-state index is -0.0325. The number of hydrogen-bond acceptors (Lipinski definition) is 3. The Hall–Kier alpha value is -1.22. The maximum atomic E-state index is 6.12. The van der Waals surface area contributed by atoms with Crippen LogP contribution in [-0.4, -0.2) is 25.9 Å². The molecule has 3 rings (SSSR count). The minimum Gasteiger partial charge on any atom is -0.496 e. The fourth-order valence-electron chi connectivity index (χ4n) is 2.62. The lowest BCUT2D eigenvalue weighted by Gasteiger charge is -2.32. The van der Waals surface area contributed by atoms with Crippen LogP contribution in [0.5, 0.6) is 11.5 Å². The summed E-state index contributed by atoms with van der Waals surface area (Å²) >= 11 is 0. The van der Waals surface area contributed by atoms with Crippen LogP contribution in [0, 0.1) is 0 Å². The van der Waals surface area contributed by atoms with Crippen LogP contribution in [0.2, 0.25) is 0 Å². The summed E-state index contributed by atoms with van der Waals surface area (Å²) in [7, 11) is 1.71. The summed E-state index contributed by atoms with van der Waals surface area (Å²) in [5.41, 5.74) is 1.18. The predicted molar refractivity (Wildman–Crippen MR) is 60.1 cm³/mol. The highest BCUT2D eigenvalue weighted by atomic mass is 16.5. The van der Waals surface area contributed by atoms with E-state index in [0.29, 0.717) is 0 Å². The molecule has 0 aromatic heterocycles. The molecule has 0 atom stereocenters. The van der Waals surface area contributed by atoms with Crippen molar-refractivity contribution < 1.29 is 14.2 Å². The molecule has 2 aliphatic rings. The predicted octanol–water partition coefficient (Wildman–Crippen LogP) is 2.18. The fourth-order valence-corrected chi connectivity index (χ4v) is 2.62. The van der Waals surface area contributed by atoms with E-state index in [-0.39, 0.29) is 5.60 Å². The lowest BCUT2D eigenvalue weighted by molar-refractivity contribution is -0.0330. The molecule has 1 aromatic rings. The van der Waals surface area contributed by atoms with Gasteiger partial charge < -0.3 is 14.2 Å². The zero-order valence-electron chi connectivity index (χ0n) is 9.49. The third-order valence-electron chi connectivity index (χ3n) is 3.54. The molecule has 1 aromatic carbocycles. The molecule has 1 spiro atoms. The van der Waals surface area contributed by atoms with E-state index < -0.39 is 0 Å². The number of rotatable bonds is 1. The van der Waals surface area contributed by atoms with Crippen molar-refractivity contribution >= 4 is 0 Å². The highest BCUT2D eigenvalue weighted by Crippen LogP contribution is 2.44. The van der Waals surface area contributed by atoms with Crippen molar-refractivity contribution in [3.05, 3.63) is 23.8 Å². The van der Waals surface area contributed by atoms with Gasteiger partial charge in [-0.1, -0.05) is 6.07 Å². The quantitative estimate of drug-likeness (QED) is 0.726. The molecule has 0 N–H and O–H groups in total. The van der Waals surface area contributed by atoms with E-state index >= 15 is 0 Å². The summed E-state index contributed by atoms with van der Waals surface area (Å²) in [5.74, 6) is 1.93. The minimum absolute atomic E-state index is 0.0325. The Labute approximate surface area is 95.3 Å². The van der Waals surface area contributed by atoms with Crippen molar-refractivity contribution in [2.75, 3.05) is 20.3 Å². The van der Waals surface area contributed by atoms with Crippen LogP contribution >= 0.6 is 0 Å². The normalized spacial score (nSPS) is 21.6. The maximum Gasteiger partial charge on any atom is 0.127 e. The second kappa shape index (κ2) is 3.67. The van der Waals surface area contributed by atoms with Crippen LogP contribution in [0.4, 0.5) is 0 Å². The largest absolute Gasteiger partial charge is 0.496 e. The van der Waals surface area contributed by atoms with Gasteiger partial charge in [-0.3, -0.25) is 0 Å². The summed E-state index contributed by atoms with van der Waals surface area (Å²) in [5, 5.41) is 0. The molecular formula is C13H16O3. The second-order valence-corrected chi connectivity index (χ2v) is 4.51. The average molecular weight is 220 g/mol. The van der Waals surface area contributed by atoms with Gasteiger partial charge in [0.2, 0.25) is 0 Å². The van der Waals surface area contributed by atoms with Gasteiger partial charge >= 0.3 is 0 Å². The highest BCUT2D eigenvalue weighted by molar-refractivity contribution is 5.49. The van der Waals surface area contributed by atoms with Crippen molar-refractivity contribution in [1.29, 1.82) is 0 Å². The maximum absolute atomic E-state index is 6.12. The molecule has 0 saturated carbocycles. The molecule has 1 saturated heterocycles. The van der Waals surface area contributed by atoms with Gasteiger partial charge in [0.15, 0.2) is 0 Å². The summed E-state index contributed by atoms with van der Waals surface area (Å²) in [6, 6.07) is 6.01. The van der Waals surface area contributed by atoms with Gasteiger partial charge in [-0.2, -0.15) is 0 Å². The van der Waals surface area contributed by atoms with E-state index in [1.54, 1.807) is 7.11 Å². The molecule has 0 unspecified atom stereocenters. The van der Waals surface area contributed by atoms with Crippen LogP contribution in [0.1, 0.15) is 18.4 Å². The first-order valence-corrected chi connectivity index (χ1v) is 5.76. The molecule has 86 valence electrons. The summed E-state index contributed by atoms with van der Waals surface area (Å²) < 4.78 is 16.9. The Kier molecular flexibility index (Phi) is 2.28. The number of hydrogen-bond donors (Lipinski definition) is 0. The zero-order chi connectivity index (χ0) is 11.0. The van der Waals surface area contributed by atoms with Gasteiger partial charge in [0.05, 0.1) is 20.3 Å². The lowest BCUT2D eigenvalue weighted by Crippen LogP contribution is -2.40. The van der Waals surface area contributed by atoms with E-state index in [2.05, 4.69) is 0 Å². The Morgan fingerprint density at radius 3 is 2.81 bits per heavy atom. The Morgan fingerprint density at radius 2 is 2.06 bits per heavy atom. The Bertz CT molecular complexity index is 394. The molecular weight excluding hydrogens is 204 g/mol. The summed E-state index contributed by atoms with van der Waals surface area (Å²) in [6.45, 7) is 1.60. The number of ether oxygens (including phenoxy) is 3. The first-order chi connectivity index (χ1) is 7.83. The molecule has 0 amide bonds. The molecule has 3 heteroatoms.